The van der Waals surface area contributed by atoms with Gasteiger partial charge in [0.25, 0.3) is 0 Å². The number of aromatic nitrogens is 2. The fraction of sp³-hybridized carbons (Fsp3) is 0.286. The van der Waals surface area contributed by atoms with Gasteiger partial charge in [0.1, 0.15) is 5.82 Å². The summed E-state index contributed by atoms with van der Waals surface area (Å²) >= 11 is 2.60. The van der Waals surface area contributed by atoms with Gasteiger partial charge in [-0.25, -0.2) is 12.8 Å². The molecular formula is C21H21FN4O3S3. The van der Waals surface area contributed by atoms with Crippen LogP contribution in [0.15, 0.2) is 58.9 Å². The molecule has 3 aromatic rings. The van der Waals surface area contributed by atoms with Crippen molar-refractivity contribution in [3.8, 4) is 0 Å². The molecule has 7 nitrogen and oxygen atoms in total. The lowest BCUT2D eigenvalue weighted by Crippen LogP contribution is -2.42. The van der Waals surface area contributed by atoms with Gasteiger partial charge < -0.3 is 10.2 Å². The molecule has 1 saturated heterocycles. The van der Waals surface area contributed by atoms with Gasteiger partial charge in [-0.15, -0.1) is 10.2 Å². The highest BCUT2D eigenvalue weighted by molar-refractivity contribution is 8.01. The molecule has 0 radical (unpaired) electrons. The molecular weight excluding hydrogens is 471 g/mol. The molecule has 0 bridgehead atoms. The van der Waals surface area contributed by atoms with Crippen molar-refractivity contribution in [1.82, 2.24) is 10.2 Å². The first-order valence-electron chi connectivity index (χ1n) is 9.92. The second kappa shape index (κ2) is 9.97. The molecule has 1 amide bonds. The van der Waals surface area contributed by atoms with E-state index in [1.54, 1.807) is 17.0 Å². The molecule has 0 spiro atoms. The summed E-state index contributed by atoms with van der Waals surface area (Å²) in [5.41, 5.74) is 1.61. The van der Waals surface area contributed by atoms with E-state index in [4.69, 9.17) is 0 Å². The minimum Gasteiger partial charge on any atom is -0.356 e. The van der Waals surface area contributed by atoms with Crippen molar-refractivity contribution in [2.75, 3.05) is 27.5 Å². The maximum atomic E-state index is 13.1. The number of amides is 1. The van der Waals surface area contributed by atoms with Gasteiger partial charge in [0, 0.05) is 12.2 Å². The van der Waals surface area contributed by atoms with Crippen molar-refractivity contribution in [3.05, 3.63) is 66.0 Å². The molecule has 1 aliphatic rings. The normalized spacial score (nSPS) is 17.2. The summed E-state index contributed by atoms with van der Waals surface area (Å²) in [7, 11) is -3.13. The van der Waals surface area contributed by atoms with E-state index < -0.39 is 9.84 Å². The Kier molecular flexibility index (Phi) is 7.07. The van der Waals surface area contributed by atoms with Crippen molar-refractivity contribution in [1.29, 1.82) is 0 Å². The number of nitrogens with zero attached hydrogens (tertiary/aromatic N) is 3. The van der Waals surface area contributed by atoms with E-state index in [1.165, 1.54) is 35.2 Å². The van der Waals surface area contributed by atoms with E-state index in [-0.39, 0.29) is 35.0 Å². The Hall–Kier alpha value is -2.50. The number of hydrogen-bond acceptors (Lipinski definition) is 8. The van der Waals surface area contributed by atoms with Gasteiger partial charge in [-0.1, -0.05) is 53.4 Å². The summed E-state index contributed by atoms with van der Waals surface area (Å²) in [5.74, 6) is -0.250. The Labute approximate surface area is 194 Å². The molecule has 11 heteroatoms. The van der Waals surface area contributed by atoms with Gasteiger partial charge in [-0.05, 0) is 36.2 Å². The minimum atomic E-state index is -3.13. The predicted molar refractivity (Wildman–Crippen MR) is 125 cm³/mol. The van der Waals surface area contributed by atoms with E-state index in [9.17, 15) is 17.6 Å². The minimum absolute atomic E-state index is 0.0193. The number of halogens is 1. The number of rotatable bonds is 8. The van der Waals surface area contributed by atoms with Gasteiger partial charge in [0.2, 0.25) is 11.0 Å². The van der Waals surface area contributed by atoms with Crippen LogP contribution in [0.4, 0.5) is 15.2 Å². The van der Waals surface area contributed by atoms with Crippen LogP contribution < -0.4 is 10.2 Å². The van der Waals surface area contributed by atoms with Crippen molar-refractivity contribution in [2.24, 2.45) is 0 Å². The van der Waals surface area contributed by atoms with Crippen LogP contribution in [0.3, 0.4) is 0 Å². The van der Waals surface area contributed by atoms with E-state index in [0.29, 0.717) is 28.1 Å². The van der Waals surface area contributed by atoms with Crippen LogP contribution in [0.5, 0.6) is 0 Å². The topological polar surface area (TPSA) is 92.3 Å². The monoisotopic (exact) mass is 492 g/mol. The van der Waals surface area contributed by atoms with Gasteiger partial charge in [0.05, 0.1) is 23.3 Å². The van der Waals surface area contributed by atoms with Crippen LogP contribution >= 0.6 is 23.1 Å². The molecule has 1 fully saturated rings. The fourth-order valence-corrected chi connectivity index (χ4v) is 6.75. The van der Waals surface area contributed by atoms with Gasteiger partial charge in [-0.2, -0.15) is 0 Å². The lowest BCUT2D eigenvalue weighted by molar-refractivity contribution is -0.116. The second-order valence-corrected chi connectivity index (χ2v) is 11.7. The summed E-state index contributed by atoms with van der Waals surface area (Å²) in [6.07, 6.45) is 0.434. The van der Waals surface area contributed by atoms with Crippen LogP contribution in [0, 0.1) is 5.82 Å². The molecule has 2 aromatic carbocycles. The molecule has 4 rings (SSSR count). The highest BCUT2D eigenvalue weighted by Gasteiger charge is 2.35. The quantitative estimate of drug-likeness (QED) is 0.480. The molecule has 1 aliphatic heterocycles. The van der Waals surface area contributed by atoms with Crippen molar-refractivity contribution in [2.45, 2.75) is 23.3 Å². The Bertz CT molecular complexity index is 1170. The number of anilines is 2. The first kappa shape index (κ1) is 22.7. The zero-order valence-electron chi connectivity index (χ0n) is 17.0. The lowest BCUT2D eigenvalue weighted by Gasteiger charge is -2.28. The van der Waals surface area contributed by atoms with Crippen molar-refractivity contribution in [3.63, 3.8) is 0 Å². The summed E-state index contributed by atoms with van der Waals surface area (Å²) in [6.45, 7) is 0.483. The molecule has 0 aliphatic carbocycles. The number of thioether (sulfide) groups is 1. The molecule has 32 heavy (non-hydrogen) atoms. The standard InChI is InChI=1S/C21H21FN4O3S3/c22-16-8-6-15(7-9-16)12-23-20-24-25-21(31-20)30-13-19(27)26(17-4-2-1-3-5-17)18-10-11-32(28,29)14-18/h1-9,18H,10-14H2,(H,23,24). The third-order valence-corrected chi connectivity index (χ3v) is 8.71. The number of hydrogen-bond donors (Lipinski definition) is 1. The lowest BCUT2D eigenvalue weighted by atomic mass is 10.2. The van der Waals surface area contributed by atoms with Crippen LogP contribution in [0.1, 0.15) is 12.0 Å². The largest absolute Gasteiger partial charge is 0.356 e. The molecule has 0 saturated carbocycles. The zero-order chi connectivity index (χ0) is 22.6. The Morgan fingerprint density at radius 2 is 1.91 bits per heavy atom. The second-order valence-electron chi connectivity index (χ2n) is 7.30. The summed E-state index contributed by atoms with van der Waals surface area (Å²) < 4.78 is 37.6. The highest BCUT2D eigenvalue weighted by atomic mass is 32.2. The van der Waals surface area contributed by atoms with Gasteiger partial charge in [-0.3, -0.25) is 4.79 Å². The van der Waals surface area contributed by atoms with Crippen LogP contribution in [-0.2, 0) is 21.2 Å². The van der Waals surface area contributed by atoms with E-state index in [0.717, 1.165) is 5.56 Å². The third kappa shape index (κ3) is 5.84. The first-order chi connectivity index (χ1) is 15.4. The molecule has 1 aromatic heterocycles. The number of sulfone groups is 1. The highest BCUT2D eigenvalue weighted by Crippen LogP contribution is 2.29. The first-order valence-corrected chi connectivity index (χ1v) is 13.5. The Morgan fingerprint density at radius 3 is 2.59 bits per heavy atom. The SMILES string of the molecule is O=C(CSc1nnc(NCc2ccc(F)cc2)s1)N(c1ccccc1)C1CCS(=O)(=O)C1. The average Bonchev–Trinajstić information content (AvgIpc) is 3.38. The predicted octanol–water partition coefficient (Wildman–Crippen LogP) is 3.60. The zero-order valence-corrected chi connectivity index (χ0v) is 19.4. The fourth-order valence-electron chi connectivity index (χ4n) is 3.44. The molecule has 2 heterocycles. The number of para-hydroxylation sites is 1. The smallest absolute Gasteiger partial charge is 0.237 e. The number of carbonyl (C=O) groups is 1. The van der Waals surface area contributed by atoms with E-state index in [1.807, 2.05) is 30.3 Å². The van der Waals surface area contributed by atoms with E-state index >= 15 is 0 Å². The van der Waals surface area contributed by atoms with Gasteiger partial charge >= 0.3 is 0 Å². The summed E-state index contributed by atoms with van der Waals surface area (Å²) in [6, 6.07) is 15.0. The van der Waals surface area contributed by atoms with Crippen LogP contribution in [0.25, 0.3) is 0 Å². The maximum Gasteiger partial charge on any atom is 0.237 e. The maximum absolute atomic E-state index is 13.1. The Morgan fingerprint density at radius 1 is 1.16 bits per heavy atom. The third-order valence-electron chi connectivity index (χ3n) is 4.96. The van der Waals surface area contributed by atoms with Crippen LogP contribution in [-0.4, -0.2) is 47.8 Å². The van der Waals surface area contributed by atoms with Crippen LogP contribution in [0.2, 0.25) is 0 Å². The van der Waals surface area contributed by atoms with Crippen molar-refractivity contribution < 1.29 is 17.6 Å². The number of nitrogens with one attached hydrogen (secondary N) is 1. The molecule has 1 unspecified atom stereocenters. The summed E-state index contributed by atoms with van der Waals surface area (Å²) in [5, 5.41) is 11.9. The Balaban J connectivity index is 1.37. The van der Waals surface area contributed by atoms with E-state index in [2.05, 4.69) is 15.5 Å². The number of carbonyl (C=O) groups excluding carboxylic acids is 1. The van der Waals surface area contributed by atoms with Crippen molar-refractivity contribution >= 4 is 49.7 Å². The average molecular weight is 493 g/mol. The van der Waals surface area contributed by atoms with Gasteiger partial charge in [0.15, 0.2) is 14.2 Å². The number of benzene rings is 2. The summed E-state index contributed by atoms with van der Waals surface area (Å²) in [4.78, 5) is 14.7. The molecule has 1 atom stereocenters. The molecule has 1 N–H and O–H groups in total. The molecule has 168 valence electrons.